The lowest BCUT2D eigenvalue weighted by Gasteiger charge is -2.09. The van der Waals surface area contributed by atoms with Crippen LogP contribution in [0, 0.1) is 0 Å². The van der Waals surface area contributed by atoms with Crippen molar-refractivity contribution in [2.75, 3.05) is 10.6 Å². The second-order valence-electron chi connectivity index (χ2n) is 4.34. The molecule has 3 amide bonds. The maximum atomic E-state index is 11.8. The summed E-state index contributed by atoms with van der Waals surface area (Å²) in [5, 5.41) is 14.1. The Morgan fingerprint density at radius 3 is 1.91 bits per heavy atom. The van der Waals surface area contributed by atoms with Gasteiger partial charge in [0, 0.05) is 0 Å². The molecule has 0 fully saturated rings. The van der Waals surface area contributed by atoms with Crippen molar-refractivity contribution in [2.24, 2.45) is 5.73 Å². The maximum absolute atomic E-state index is 11.8. The van der Waals surface area contributed by atoms with Gasteiger partial charge in [0.05, 0.1) is 16.9 Å². The fraction of sp³-hybridized carbons (Fsp3) is 0. The lowest BCUT2D eigenvalue weighted by Crippen LogP contribution is -2.30. The molecule has 2 aromatic rings. The summed E-state index contributed by atoms with van der Waals surface area (Å²) < 4.78 is 0. The van der Waals surface area contributed by atoms with Gasteiger partial charge in [-0.1, -0.05) is 24.3 Å². The van der Waals surface area contributed by atoms with Crippen LogP contribution in [0.3, 0.4) is 0 Å². The molecule has 7 heteroatoms. The molecule has 22 heavy (non-hydrogen) atoms. The zero-order valence-electron chi connectivity index (χ0n) is 11.4. The third-order valence-electron chi connectivity index (χ3n) is 2.80. The van der Waals surface area contributed by atoms with Crippen LogP contribution in [0.5, 0.6) is 5.75 Å². The number of anilines is 2. The average Bonchev–Trinajstić information content (AvgIpc) is 2.49. The molecule has 0 unspecified atom stereocenters. The molecule has 112 valence electrons. The van der Waals surface area contributed by atoms with E-state index in [2.05, 4.69) is 10.6 Å². The Balaban J connectivity index is 2.11. The van der Waals surface area contributed by atoms with Crippen molar-refractivity contribution in [3.8, 4) is 5.75 Å². The van der Waals surface area contributed by atoms with Crippen molar-refractivity contribution >= 4 is 29.1 Å². The SMILES string of the molecule is NC(=O)c1ccccc1NC(=O)C(=O)Nc1ccccc1O. The molecule has 2 rings (SSSR count). The van der Waals surface area contributed by atoms with Gasteiger partial charge in [-0.2, -0.15) is 0 Å². The fourth-order valence-electron chi connectivity index (χ4n) is 1.74. The molecule has 7 nitrogen and oxygen atoms in total. The van der Waals surface area contributed by atoms with Crippen LogP contribution in [-0.4, -0.2) is 22.8 Å². The van der Waals surface area contributed by atoms with E-state index in [1.807, 2.05) is 0 Å². The first kappa shape index (κ1) is 15.0. The number of carbonyl (C=O) groups excluding carboxylic acids is 3. The lowest BCUT2D eigenvalue weighted by atomic mass is 10.1. The number of benzene rings is 2. The van der Waals surface area contributed by atoms with Crippen LogP contribution in [0.15, 0.2) is 48.5 Å². The van der Waals surface area contributed by atoms with Gasteiger partial charge in [-0.25, -0.2) is 0 Å². The first-order valence-electron chi connectivity index (χ1n) is 6.28. The van der Waals surface area contributed by atoms with Gasteiger partial charge in [0.2, 0.25) is 0 Å². The first-order chi connectivity index (χ1) is 10.5. The number of nitrogens with one attached hydrogen (secondary N) is 2. The lowest BCUT2D eigenvalue weighted by molar-refractivity contribution is -0.133. The molecule has 0 aliphatic carbocycles. The minimum atomic E-state index is -0.989. The molecule has 5 N–H and O–H groups in total. The molecule has 0 saturated heterocycles. The molecule has 0 saturated carbocycles. The van der Waals surface area contributed by atoms with E-state index in [0.717, 1.165) is 0 Å². The Kier molecular flexibility index (Phi) is 4.38. The van der Waals surface area contributed by atoms with Crippen LogP contribution in [0.2, 0.25) is 0 Å². The Labute approximate surface area is 125 Å². The van der Waals surface area contributed by atoms with Crippen LogP contribution in [-0.2, 0) is 9.59 Å². The predicted octanol–water partition coefficient (Wildman–Crippen LogP) is 1.07. The number of para-hydroxylation sites is 3. The Morgan fingerprint density at radius 2 is 1.32 bits per heavy atom. The molecule has 0 aliphatic heterocycles. The minimum absolute atomic E-state index is 0.0891. The highest BCUT2D eigenvalue weighted by molar-refractivity contribution is 6.44. The van der Waals surface area contributed by atoms with Crippen molar-refractivity contribution in [3.63, 3.8) is 0 Å². The fourth-order valence-corrected chi connectivity index (χ4v) is 1.74. The number of phenolic OH excluding ortho intramolecular Hbond substituents is 1. The number of primary amides is 1. The van der Waals surface area contributed by atoms with Gasteiger partial charge in [0.15, 0.2) is 0 Å². The normalized spacial score (nSPS) is 9.82. The molecule has 0 heterocycles. The summed E-state index contributed by atoms with van der Waals surface area (Å²) >= 11 is 0. The van der Waals surface area contributed by atoms with Gasteiger partial charge >= 0.3 is 11.8 Å². The quantitative estimate of drug-likeness (QED) is 0.500. The van der Waals surface area contributed by atoms with Crippen molar-refractivity contribution in [3.05, 3.63) is 54.1 Å². The number of nitrogens with two attached hydrogens (primary N) is 1. The van der Waals surface area contributed by atoms with Gasteiger partial charge in [0.25, 0.3) is 5.91 Å². The van der Waals surface area contributed by atoms with Crippen LogP contribution in [0.1, 0.15) is 10.4 Å². The average molecular weight is 299 g/mol. The van der Waals surface area contributed by atoms with E-state index in [1.54, 1.807) is 24.3 Å². The Bertz CT molecular complexity index is 743. The summed E-state index contributed by atoms with van der Waals surface area (Å²) in [6.45, 7) is 0. The predicted molar refractivity (Wildman–Crippen MR) is 80.3 cm³/mol. The molecule has 2 aromatic carbocycles. The standard InChI is InChI=1S/C15H13N3O4/c16-13(20)9-5-1-2-6-10(9)17-14(21)15(22)18-11-7-3-4-8-12(11)19/h1-8,19H,(H2,16,20)(H,17,21)(H,18,22). The minimum Gasteiger partial charge on any atom is -0.506 e. The van der Waals surface area contributed by atoms with Crippen LogP contribution in [0.25, 0.3) is 0 Å². The van der Waals surface area contributed by atoms with E-state index in [1.165, 1.54) is 24.3 Å². The highest BCUT2D eigenvalue weighted by Gasteiger charge is 2.17. The van der Waals surface area contributed by atoms with Gasteiger partial charge in [0.1, 0.15) is 5.75 Å². The Morgan fingerprint density at radius 1 is 0.818 bits per heavy atom. The summed E-state index contributed by atoms with van der Waals surface area (Å²) in [5.41, 5.74) is 5.51. The highest BCUT2D eigenvalue weighted by atomic mass is 16.3. The van der Waals surface area contributed by atoms with Crippen LogP contribution < -0.4 is 16.4 Å². The molecular weight excluding hydrogens is 286 g/mol. The summed E-state index contributed by atoms with van der Waals surface area (Å²) in [4.78, 5) is 34.9. The van der Waals surface area contributed by atoms with Crippen molar-refractivity contribution < 1.29 is 19.5 Å². The summed E-state index contributed by atoms with van der Waals surface area (Å²) in [5.74, 6) is -2.86. The molecule has 0 radical (unpaired) electrons. The molecule has 0 aromatic heterocycles. The summed E-state index contributed by atoms with van der Waals surface area (Å²) in [6, 6.07) is 12.0. The third-order valence-corrected chi connectivity index (χ3v) is 2.80. The van der Waals surface area contributed by atoms with E-state index in [-0.39, 0.29) is 22.7 Å². The first-order valence-corrected chi connectivity index (χ1v) is 6.28. The van der Waals surface area contributed by atoms with E-state index in [0.29, 0.717) is 0 Å². The van der Waals surface area contributed by atoms with E-state index in [4.69, 9.17) is 5.73 Å². The number of carbonyl (C=O) groups is 3. The van der Waals surface area contributed by atoms with E-state index in [9.17, 15) is 19.5 Å². The second kappa shape index (κ2) is 6.40. The van der Waals surface area contributed by atoms with Gasteiger partial charge in [-0.05, 0) is 24.3 Å². The second-order valence-corrected chi connectivity index (χ2v) is 4.34. The largest absolute Gasteiger partial charge is 0.506 e. The molecule has 0 bridgehead atoms. The highest BCUT2D eigenvalue weighted by Crippen LogP contribution is 2.21. The van der Waals surface area contributed by atoms with Crippen molar-refractivity contribution in [1.29, 1.82) is 0 Å². The zero-order chi connectivity index (χ0) is 16.1. The van der Waals surface area contributed by atoms with Crippen LogP contribution >= 0.6 is 0 Å². The van der Waals surface area contributed by atoms with E-state index >= 15 is 0 Å². The summed E-state index contributed by atoms with van der Waals surface area (Å²) in [7, 11) is 0. The summed E-state index contributed by atoms with van der Waals surface area (Å²) in [6.07, 6.45) is 0. The van der Waals surface area contributed by atoms with Crippen molar-refractivity contribution in [1.82, 2.24) is 0 Å². The number of rotatable bonds is 3. The Hall–Kier alpha value is -3.35. The topological polar surface area (TPSA) is 122 Å². The number of amides is 3. The smallest absolute Gasteiger partial charge is 0.314 e. The number of aromatic hydroxyl groups is 1. The molecule has 0 atom stereocenters. The molecule has 0 aliphatic rings. The molecule has 0 spiro atoms. The number of phenols is 1. The van der Waals surface area contributed by atoms with Gasteiger partial charge in [-0.15, -0.1) is 0 Å². The third kappa shape index (κ3) is 3.40. The number of hydrogen-bond donors (Lipinski definition) is 4. The van der Waals surface area contributed by atoms with Gasteiger partial charge < -0.3 is 21.5 Å². The maximum Gasteiger partial charge on any atom is 0.314 e. The zero-order valence-corrected chi connectivity index (χ0v) is 11.4. The van der Waals surface area contributed by atoms with Crippen LogP contribution in [0.4, 0.5) is 11.4 Å². The van der Waals surface area contributed by atoms with E-state index < -0.39 is 17.7 Å². The monoisotopic (exact) mass is 299 g/mol. The molecular formula is C15H13N3O4. The van der Waals surface area contributed by atoms with Crippen molar-refractivity contribution in [2.45, 2.75) is 0 Å². The van der Waals surface area contributed by atoms with Gasteiger partial charge in [-0.3, -0.25) is 14.4 Å². The number of hydrogen-bond acceptors (Lipinski definition) is 4.